The Hall–Kier alpha value is -2.26. The zero-order valence-electron chi connectivity index (χ0n) is 16.9. The monoisotopic (exact) mass is 422 g/mol. The van der Waals surface area contributed by atoms with Crippen LogP contribution >= 0.6 is 11.8 Å². The van der Waals surface area contributed by atoms with Gasteiger partial charge < -0.3 is 24.8 Å². The number of carbonyl (C=O) groups excluding carboxylic acids is 2. The van der Waals surface area contributed by atoms with E-state index in [9.17, 15) is 19.5 Å². The number of amides is 2. The molecule has 2 amide bonds. The molecule has 0 aromatic heterocycles. The zero-order valence-corrected chi connectivity index (χ0v) is 17.7. The number of carboxylic acids is 1. The van der Waals surface area contributed by atoms with Crippen molar-refractivity contribution in [1.82, 2.24) is 10.2 Å². The Kier molecular flexibility index (Phi) is 5.82. The molecule has 1 aromatic carbocycles. The minimum Gasteiger partial charge on any atom is -0.494 e. The molecule has 29 heavy (non-hydrogen) atoms. The van der Waals surface area contributed by atoms with Gasteiger partial charge in [-0.1, -0.05) is 12.1 Å². The SMILES string of the molecule is CCOc1ccc(CC(=O)N[C@]2(OCC)C(=O)N3[C@@H](C(=O)O)C(C)(C)S[C@@H]32)cc1. The molecule has 158 valence electrons. The van der Waals surface area contributed by atoms with Gasteiger partial charge in [0.25, 0.3) is 11.6 Å². The van der Waals surface area contributed by atoms with Crippen molar-refractivity contribution in [2.45, 2.75) is 56.0 Å². The summed E-state index contributed by atoms with van der Waals surface area (Å²) in [4.78, 5) is 38.7. The van der Waals surface area contributed by atoms with Crippen LogP contribution in [0.5, 0.6) is 5.75 Å². The van der Waals surface area contributed by atoms with Gasteiger partial charge in [-0.15, -0.1) is 11.8 Å². The second-order valence-corrected chi connectivity index (χ2v) is 9.23. The molecule has 0 saturated carbocycles. The van der Waals surface area contributed by atoms with Crippen LogP contribution in [0.25, 0.3) is 0 Å². The van der Waals surface area contributed by atoms with Crippen LogP contribution in [0, 0.1) is 0 Å². The number of rotatable bonds is 8. The maximum atomic E-state index is 13.0. The molecule has 0 aliphatic carbocycles. The molecule has 3 rings (SSSR count). The van der Waals surface area contributed by atoms with Gasteiger partial charge in [0, 0.05) is 11.4 Å². The van der Waals surface area contributed by atoms with Crippen molar-refractivity contribution < 1.29 is 29.0 Å². The molecule has 2 saturated heterocycles. The van der Waals surface area contributed by atoms with Gasteiger partial charge in [0.2, 0.25) is 5.91 Å². The van der Waals surface area contributed by atoms with Gasteiger partial charge in [0.05, 0.1) is 13.0 Å². The van der Waals surface area contributed by atoms with Gasteiger partial charge >= 0.3 is 5.97 Å². The fraction of sp³-hybridized carbons (Fsp3) is 0.550. The first kappa shape index (κ1) is 21.4. The summed E-state index contributed by atoms with van der Waals surface area (Å²) in [6.07, 6.45) is 0.0671. The first-order chi connectivity index (χ1) is 13.7. The molecule has 2 N–H and O–H groups in total. The first-order valence-corrected chi connectivity index (χ1v) is 10.4. The fourth-order valence-corrected chi connectivity index (χ4v) is 5.49. The van der Waals surface area contributed by atoms with Crippen LogP contribution in [0.2, 0.25) is 0 Å². The van der Waals surface area contributed by atoms with Crippen molar-refractivity contribution >= 4 is 29.5 Å². The molecule has 8 nitrogen and oxygen atoms in total. The number of nitrogens with one attached hydrogen (secondary N) is 1. The van der Waals surface area contributed by atoms with Crippen LogP contribution in [0.1, 0.15) is 33.3 Å². The predicted molar refractivity (Wildman–Crippen MR) is 108 cm³/mol. The Labute approximate surface area is 173 Å². The van der Waals surface area contributed by atoms with Crippen molar-refractivity contribution in [2.24, 2.45) is 0 Å². The van der Waals surface area contributed by atoms with Crippen LogP contribution in [0.4, 0.5) is 0 Å². The number of hydrogen-bond acceptors (Lipinski definition) is 6. The molecule has 0 spiro atoms. The smallest absolute Gasteiger partial charge is 0.327 e. The largest absolute Gasteiger partial charge is 0.494 e. The van der Waals surface area contributed by atoms with Crippen molar-refractivity contribution in [3.05, 3.63) is 29.8 Å². The summed E-state index contributed by atoms with van der Waals surface area (Å²) < 4.78 is 10.4. The lowest BCUT2D eigenvalue weighted by molar-refractivity contribution is -0.205. The van der Waals surface area contributed by atoms with E-state index in [2.05, 4.69) is 5.32 Å². The summed E-state index contributed by atoms with van der Waals surface area (Å²) in [5, 5.41) is 11.7. The molecule has 0 bridgehead atoms. The van der Waals surface area contributed by atoms with Gasteiger partial charge in [0.1, 0.15) is 17.2 Å². The standard InChI is InChI=1S/C20H26N2O6S/c1-5-27-13-9-7-12(8-10-13)11-14(23)21-20(28-6-2)17(26)22-15(16(24)25)19(3,4)29-18(20)22/h7-10,15,18H,5-6,11H2,1-4H3,(H,21,23)(H,24,25)/t15-,18+,20-/m0/s1. The van der Waals surface area contributed by atoms with E-state index in [1.54, 1.807) is 45.0 Å². The Morgan fingerprint density at radius 1 is 1.21 bits per heavy atom. The minimum atomic E-state index is -1.54. The zero-order chi connectivity index (χ0) is 21.4. The molecule has 2 aliphatic heterocycles. The molecule has 2 heterocycles. The highest BCUT2D eigenvalue weighted by atomic mass is 32.2. The Balaban J connectivity index is 1.76. The predicted octanol–water partition coefficient (Wildman–Crippen LogP) is 1.62. The maximum absolute atomic E-state index is 13.0. The van der Waals surface area contributed by atoms with E-state index in [4.69, 9.17) is 9.47 Å². The highest BCUT2D eigenvalue weighted by molar-refractivity contribution is 8.01. The number of aliphatic carboxylic acids is 1. The number of β-lactam (4-membered cyclic amide) rings is 1. The molecular weight excluding hydrogens is 396 g/mol. The van der Waals surface area contributed by atoms with Crippen LogP contribution in [0.15, 0.2) is 24.3 Å². The molecule has 0 radical (unpaired) electrons. The second kappa shape index (κ2) is 7.87. The molecule has 9 heteroatoms. The summed E-state index contributed by atoms with van der Waals surface area (Å²) in [6.45, 7) is 7.95. The second-order valence-electron chi connectivity index (χ2n) is 7.50. The molecule has 1 aromatic rings. The Bertz CT molecular complexity index is 812. The van der Waals surface area contributed by atoms with Crippen molar-refractivity contribution in [2.75, 3.05) is 13.2 Å². The van der Waals surface area contributed by atoms with Crippen molar-refractivity contribution in [3.8, 4) is 5.75 Å². The lowest BCUT2D eigenvalue weighted by Gasteiger charge is -2.52. The van der Waals surface area contributed by atoms with Crippen LogP contribution in [-0.4, -0.2) is 62.9 Å². The summed E-state index contributed by atoms with van der Waals surface area (Å²) in [7, 11) is 0. The van der Waals surface area contributed by atoms with E-state index in [1.807, 2.05) is 6.92 Å². The quantitative estimate of drug-likeness (QED) is 0.484. The number of hydrogen-bond donors (Lipinski definition) is 2. The van der Waals surface area contributed by atoms with E-state index in [0.717, 1.165) is 11.3 Å². The van der Waals surface area contributed by atoms with E-state index in [1.165, 1.54) is 16.7 Å². The van der Waals surface area contributed by atoms with E-state index >= 15 is 0 Å². The molecule has 0 unspecified atom stereocenters. The van der Waals surface area contributed by atoms with Gasteiger partial charge in [-0.05, 0) is 45.4 Å². The number of fused-ring (bicyclic) bond motifs is 1. The lowest BCUT2D eigenvalue weighted by Crippen LogP contribution is -2.80. The lowest BCUT2D eigenvalue weighted by atomic mass is 9.93. The number of thioether (sulfide) groups is 1. The van der Waals surface area contributed by atoms with Crippen LogP contribution < -0.4 is 10.1 Å². The number of carbonyl (C=O) groups is 3. The van der Waals surface area contributed by atoms with E-state index in [0.29, 0.717) is 6.61 Å². The topological polar surface area (TPSA) is 105 Å². The third-order valence-electron chi connectivity index (χ3n) is 5.03. The van der Waals surface area contributed by atoms with Crippen molar-refractivity contribution in [3.63, 3.8) is 0 Å². The molecular formula is C20H26N2O6S. The number of carboxylic acid groups (broad SMARTS) is 1. The average molecular weight is 423 g/mol. The molecule has 2 aliphatic rings. The number of benzene rings is 1. The maximum Gasteiger partial charge on any atom is 0.327 e. The number of nitrogens with zero attached hydrogens (tertiary/aromatic N) is 1. The average Bonchev–Trinajstić information content (AvgIpc) is 2.92. The highest BCUT2D eigenvalue weighted by Gasteiger charge is 2.73. The van der Waals surface area contributed by atoms with Crippen LogP contribution in [0.3, 0.4) is 0 Å². The molecule has 3 atom stereocenters. The van der Waals surface area contributed by atoms with Crippen molar-refractivity contribution in [1.29, 1.82) is 0 Å². The Morgan fingerprint density at radius 2 is 1.86 bits per heavy atom. The highest BCUT2D eigenvalue weighted by Crippen LogP contribution is 2.55. The van der Waals surface area contributed by atoms with Gasteiger partial charge in [-0.25, -0.2) is 4.79 Å². The normalized spacial score (nSPS) is 27.2. The van der Waals surface area contributed by atoms with E-state index < -0.39 is 33.8 Å². The third kappa shape index (κ3) is 3.69. The number of ether oxygens (including phenoxy) is 2. The van der Waals surface area contributed by atoms with Gasteiger partial charge in [-0.2, -0.15) is 0 Å². The minimum absolute atomic E-state index is 0.0671. The Morgan fingerprint density at radius 3 is 2.41 bits per heavy atom. The summed E-state index contributed by atoms with van der Waals surface area (Å²) in [5.41, 5.74) is -0.771. The first-order valence-electron chi connectivity index (χ1n) is 9.56. The van der Waals surface area contributed by atoms with Crippen LogP contribution in [-0.2, 0) is 25.5 Å². The summed E-state index contributed by atoms with van der Waals surface area (Å²) in [5.74, 6) is -1.23. The third-order valence-corrected chi connectivity index (χ3v) is 6.65. The van der Waals surface area contributed by atoms with Gasteiger partial charge in [-0.3, -0.25) is 9.59 Å². The summed E-state index contributed by atoms with van der Waals surface area (Å²) in [6, 6.07) is 6.18. The summed E-state index contributed by atoms with van der Waals surface area (Å²) >= 11 is 1.33. The fourth-order valence-electron chi connectivity index (χ4n) is 3.85. The van der Waals surface area contributed by atoms with Gasteiger partial charge in [0.15, 0.2) is 0 Å². The van der Waals surface area contributed by atoms with E-state index in [-0.39, 0.29) is 18.9 Å². The molecule has 2 fully saturated rings.